The van der Waals surface area contributed by atoms with Gasteiger partial charge in [-0.15, -0.1) is 0 Å². The van der Waals surface area contributed by atoms with Gasteiger partial charge in [-0.1, -0.05) is 12.1 Å². The summed E-state index contributed by atoms with van der Waals surface area (Å²) in [6, 6.07) is 10.5. The summed E-state index contributed by atoms with van der Waals surface area (Å²) in [5.41, 5.74) is 3.55. The highest BCUT2D eigenvalue weighted by atomic mass is 32.2. The van der Waals surface area contributed by atoms with E-state index in [0.717, 1.165) is 55.8 Å². The molecule has 0 bridgehead atoms. The number of hydrogen-bond donors (Lipinski definition) is 2. The molecule has 0 saturated heterocycles. The van der Waals surface area contributed by atoms with Crippen LogP contribution in [0.25, 0.3) is 5.57 Å². The van der Waals surface area contributed by atoms with Gasteiger partial charge in [-0.05, 0) is 86.9 Å². The van der Waals surface area contributed by atoms with Crippen LogP contribution < -0.4 is 4.90 Å². The van der Waals surface area contributed by atoms with Gasteiger partial charge in [0, 0.05) is 36.5 Å². The molecule has 0 amide bonds. The molecule has 0 fully saturated rings. The summed E-state index contributed by atoms with van der Waals surface area (Å²) in [7, 11) is -9.37. The van der Waals surface area contributed by atoms with Crippen molar-refractivity contribution in [2.45, 2.75) is 37.5 Å². The van der Waals surface area contributed by atoms with Gasteiger partial charge >= 0.3 is 0 Å². The lowest BCUT2D eigenvalue weighted by molar-refractivity contribution is -0.519. The number of rotatable bonds is 9. The Morgan fingerprint density at radius 2 is 1.34 bits per heavy atom. The van der Waals surface area contributed by atoms with Gasteiger partial charge in [0.05, 0.1) is 4.90 Å². The summed E-state index contributed by atoms with van der Waals surface area (Å²) in [5.74, 6) is 0. The molecule has 1 aliphatic rings. The summed E-state index contributed by atoms with van der Waals surface area (Å²) in [6.45, 7) is 11.4. The lowest BCUT2D eigenvalue weighted by Crippen LogP contribution is -2.21. The van der Waals surface area contributed by atoms with Crippen LogP contribution in [0.5, 0.6) is 0 Å². The van der Waals surface area contributed by atoms with E-state index in [9.17, 15) is 25.9 Å². The number of hydrogen-bond acceptors (Lipinski definition) is 6. The van der Waals surface area contributed by atoms with Crippen molar-refractivity contribution in [2.75, 3.05) is 31.1 Å². The molecule has 206 valence electrons. The van der Waals surface area contributed by atoms with Crippen molar-refractivity contribution in [3.63, 3.8) is 0 Å². The van der Waals surface area contributed by atoms with Crippen LogP contribution >= 0.6 is 0 Å². The van der Waals surface area contributed by atoms with E-state index in [1.165, 1.54) is 0 Å². The van der Waals surface area contributed by atoms with E-state index >= 15 is 0 Å². The number of anilines is 1. The van der Waals surface area contributed by atoms with E-state index < -0.39 is 30.0 Å². The molecular formula is C27H34N2O7S2. The Balaban J connectivity index is 0.00000507. The monoisotopic (exact) mass is 562 g/mol. The highest BCUT2D eigenvalue weighted by molar-refractivity contribution is 7.86. The Morgan fingerprint density at radius 3 is 1.79 bits per heavy atom. The summed E-state index contributed by atoms with van der Waals surface area (Å²) >= 11 is 0. The Kier molecular flexibility index (Phi) is 10.4. The number of benzene rings is 2. The fourth-order valence-corrected chi connectivity index (χ4v) is 5.61. The fraction of sp³-hybridized carbons (Fsp3) is 0.296. The van der Waals surface area contributed by atoms with Gasteiger partial charge in [-0.25, -0.2) is 4.58 Å². The SMILES string of the molecule is CCN(CC)c1ccc(C(=C2C=CC(=[N+](CC)CC)C=C2)c2cc(S(=O)(=O)O)ccc2S(=O)(=O)O)cc1.[OH-]. The molecule has 0 heterocycles. The second-order valence-electron chi connectivity index (χ2n) is 8.42. The zero-order valence-electron chi connectivity index (χ0n) is 21.9. The molecule has 0 aliphatic heterocycles. The van der Waals surface area contributed by atoms with E-state index in [2.05, 4.69) is 9.48 Å². The van der Waals surface area contributed by atoms with Crippen molar-refractivity contribution in [2.24, 2.45) is 0 Å². The minimum atomic E-state index is -4.73. The van der Waals surface area contributed by atoms with Crippen LogP contribution in [0.15, 0.2) is 82.1 Å². The van der Waals surface area contributed by atoms with Crippen molar-refractivity contribution < 1.29 is 36.0 Å². The second kappa shape index (κ2) is 12.6. The lowest BCUT2D eigenvalue weighted by atomic mass is 9.90. The first-order valence-corrected chi connectivity index (χ1v) is 15.0. The van der Waals surface area contributed by atoms with Gasteiger partial charge < -0.3 is 10.4 Å². The summed E-state index contributed by atoms with van der Waals surface area (Å²) in [5, 5.41) is 0. The first kappa shape index (κ1) is 31.1. The van der Waals surface area contributed by atoms with Crippen molar-refractivity contribution >= 4 is 37.2 Å². The van der Waals surface area contributed by atoms with Crippen molar-refractivity contribution in [3.8, 4) is 0 Å². The van der Waals surface area contributed by atoms with Gasteiger partial charge in [0.15, 0.2) is 5.71 Å². The van der Waals surface area contributed by atoms with Gasteiger partial charge in [0.25, 0.3) is 20.2 Å². The topological polar surface area (TPSA) is 145 Å². The molecule has 0 saturated carbocycles. The quantitative estimate of drug-likeness (QED) is 0.340. The maximum Gasteiger partial charge on any atom is 0.295 e. The van der Waals surface area contributed by atoms with Crippen LogP contribution in [0.3, 0.4) is 0 Å². The molecule has 11 heteroatoms. The molecule has 9 nitrogen and oxygen atoms in total. The van der Waals surface area contributed by atoms with Crippen LogP contribution in [0.4, 0.5) is 5.69 Å². The molecule has 0 unspecified atom stereocenters. The Labute approximate surface area is 224 Å². The third-order valence-electron chi connectivity index (χ3n) is 6.37. The molecule has 38 heavy (non-hydrogen) atoms. The Hall–Kier alpha value is -3.09. The average molecular weight is 563 g/mol. The van der Waals surface area contributed by atoms with E-state index in [-0.39, 0.29) is 11.0 Å². The summed E-state index contributed by atoms with van der Waals surface area (Å²) < 4.78 is 70.4. The summed E-state index contributed by atoms with van der Waals surface area (Å²) in [4.78, 5) is 1.22. The zero-order chi connectivity index (χ0) is 27.4. The smallest absolute Gasteiger partial charge is 0.295 e. The molecule has 2 aromatic carbocycles. The highest BCUT2D eigenvalue weighted by Gasteiger charge is 2.25. The van der Waals surface area contributed by atoms with Crippen LogP contribution in [0.1, 0.15) is 38.8 Å². The van der Waals surface area contributed by atoms with Crippen LogP contribution in [-0.4, -0.2) is 67.9 Å². The standard InChI is InChI=1S/C27H32N2O6S2.H2O/c1-5-28(6-2)22-13-9-20(10-14-22)27(21-11-15-23(16-12-21)29(7-3)8-4)25-19-24(36(30,31)32)17-18-26(25)37(33,34)35;/h9-19H,5-8H2,1-4H3,(H-,30,31,32,33,34,35);1H2. The molecule has 0 aromatic heterocycles. The predicted octanol–water partition coefficient (Wildman–Crippen LogP) is 4.27. The molecule has 3 N–H and O–H groups in total. The number of nitrogens with zero attached hydrogens (tertiary/aromatic N) is 2. The highest BCUT2D eigenvalue weighted by Crippen LogP contribution is 2.36. The van der Waals surface area contributed by atoms with E-state index in [1.807, 2.05) is 76.3 Å². The second-order valence-corrected chi connectivity index (χ2v) is 11.2. The maximum atomic E-state index is 12.3. The molecule has 2 aromatic rings. The first-order valence-electron chi connectivity index (χ1n) is 12.1. The van der Waals surface area contributed by atoms with Crippen LogP contribution in [0.2, 0.25) is 0 Å². The van der Waals surface area contributed by atoms with E-state index in [0.29, 0.717) is 16.7 Å². The molecule has 0 radical (unpaired) electrons. The lowest BCUT2D eigenvalue weighted by Gasteiger charge is -2.22. The Bertz CT molecular complexity index is 1470. The average Bonchev–Trinajstić information content (AvgIpc) is 2.86. The fourth-order valence-electron chi connectivity index (χ4n) is 4.42. The van der Waals surface area contributed by atoms with Gasteiger partial charge in [0.2, 0.25) is 0 Å². The van der Waals surface area contributed by atoms with Crippen molar-refractivity contribution in [1.82, 2.24) is 0 Å². The predicted molar refractivity (Wildman–Crippen MR) is 149 cm³/mol. The number of allylic oxidation sites excluding steroid dienone is 5. The molecule has 3 rings (SSSR count). The minimum absolute atomic E-state index is 0. The Morgan fingerprint density at radius 1 is 0.789 bits per heavy atom. The third-order valence-corrected chi connectivity index (χ3v) is 8.13. The maximum absolute atomic E-state index is 12.3. The molecule has 0 spiro atoms. The van der Waals surface area contributed by atoms with Gasteiger partial charge in [0.1, 0.15) is 18.0 Å². The van der Waals surface area contributed by atoms with E-state index in [4.69, 9.17) is 0 Å². The third kappa shape index (κ3) is 6.86. The van der Waals surface area contributed by atoms with Gasteiger partial charge in [-0.2, -0.15) is 16.8 Å². The largest absolute Gasteiger partial charge is 0.870 e. The molecular weight excluding hydrogens is 528 g/mol. The first-order chi connectivity index (χ1) is 17.4. The molecule has 1 aliphatic carbocycles. The molecule has 0 atom stereocenters. The minimum Gasteiger partial charge on any atom is -0.870 e. The normalized spacial score (nSPS) is 13.3. The van der Waals surface area contributed by atoms with Crippen molar-refractivity contribution in [1.29, 1.82) is 0 Å². The van der Waals surface area contributed by atoms with Crippen molar-refractivity contribution in [3.05, 3.63) is 83.5 Å². The van der Waals surface area contributed by atoms with Crippen LogP contribution in [-0.2, 0) is 20.2 Å². The summed E-state index contributed by atoms with van der Waals surface area (Å²) in [6.07, 6.45) is 7.48. The zero-order valence-corrected chi connectivity index (χ0v) is 23.5. The van der Waals surface area contributed by atoms with Crippen LogP contribution in [0, 0.1) is 0 Å². The van der Waals surface area contributed by atoms with Gasteiger partial charge in [-0.3, -0.25) is 9.11 Å². The van der Waals surface area contributed by atoms with E-state index in [1.54, 1.807) is 0 Å².